The number of aliphatic hydroxyl groups excluding tert-OH is 1. The van der Waals surface area contributed by atoms with Crippen LogP contribution in [0.25, 0.3) is 0 Å². The molecular formula is C24H30N2O7S. The molecule has 10 heteroatoms. The Morgan fingerprint density at radius 3 is 2.47 bits per heavy atom. The van der Waals surface area contributed by atoms with E-state index >= 15 is 0 Å². The zero-order valence-corrected chi connectivity index (χ0v) is 20.2. The molecule has 1 aliphatic rings. The van der Waals surface area contributed by atoms with E-state index in [2.05, 4.69) is 32.2 Å². The van der Waals surface area contributed by atoms with E-state index in [-0.39, 0.29) is 23.3 Å². The van der Waals surface area contributed by atoms with Gasteiger partial charge in [0.1, 0.15) is 5.56 Å². The largest absolute Gasteiger partial charge is 0.477 e. The molecule has 0 spiro atoms. The van der Waals surface area contributed by atoms with E-state index in [9.17, 15) is 33.5 Å². The van der Waals surface area contributed by atoms with Crippen LogP contribution in [0.1, 0.15) is 47.8 Å². The van der Waals surface area contributed by atoms with E-state index < -0.39 is 50.0 Å². The molecule has 0 unspecified atom stereocenters. The number of nitro groups is 1. The summed E-state index contributed by atoms with van der Waals surface area (Å²) in [5, 5.41) is 34.5. The molecule has 1 heterocycles. The van der Waals surface area contributed by atoms with Crippen LogP contribution in [0.4, 0.5) is 5.69 Å². The summed E-state index contributed by atoms with van der Waals surface area (Å²) in [6.07, 6.45) is -0.908. The minimum Gasteiger partial charge on any atom is -0.477 e. The first-order chi connectivity index (χ1) is 15.8. The van der Waals surface area contributed by atoms with Crippen molar-refractivity contribution in [3.63, 3.8) is 0 Å². The number of hydrogen-bond donors (Lipinski definition) is 3. The smallest absolute Gasteiger partial charge is 0.342 e. The van der Waals surface area contributed by atoms with Crippen molar-refractivity contribution in [3.05, 3.63) is 74.8 Å². The summed E-state index contributed by atoms with van der Waals surface area (Å²) in [7, 11) is -3.47. The number of carboxylic acids is 1. The topological polar surface area (TPSA) is 147 Å². The Kier molecular flexibility index (Phi) is 7.44. The maximum absolute atomic E-state index is 12.6. The number of carboxylic acid groups (broad SMARTS) is 1. The van der Waals surface area contributed by atoms with Crippen LogP contribution in [0.2, 0.25) is 0 Å². The highest BCUT2D eigenvalue weighted by atomic mass is 32.2. The average molecular weight is 491 g/mol. The number of sulfone groups is 1. The van der Waals surface area contributed by atoms with Gasteiger partial charge in [-0.2, -0.15) is 0 Å². The summed E-state index contributed by atoms with van der Waals surface area (Å²) in [5.41, 5.74) is 1.50. The number of nitrogens with one attached hydrogen (secondary N) is 1. The Hall–Kier alpha value is -2.82. The lowest BCUT2D eigenvalue weighted by Crippen LogP contribution is -2.54. The Bertz CT molecular complexity index is 1190. The van der Waals surface area contributed by atoms with Crippen LogP contribution in [-0.4, -0.2) is 53.2 Å². The van der Waals surface area contributed by atoms with E-state index in [0.717, 1.165) is 17.2 Å². The molecule has 184 valence electrons. The minimum atomic E-state index is -3.47. The summed E-state index contributed by atoms with van der Waals surface area (Å²) >= 11 is 0. The first-order valence-corrected chi connectivity index (χ1v) is 12.8. The molecule has 1 aliphatic heterocycles. The number of rotatable bonds is 7. The fourth-order valence-electron chi connectivity index (χ4n) is 4.29. The molecule has 9 nitrogen and oxygen atoms in total. The summed E-state index contributed by atoms with van der Waals surface area (Å²) in [4.78, 5) is 21.7. The van der Waals surface area contributed by atoms with Crippen molar-refractivity contribution in [2.45, 2.75) is 51.3 Å². The standard InChI is InChI=1S/C24H30N2O7S/c1-24(2,3)18-6-4-5-16(10-18)12-25-20-14-34(32,33)13-17(22(20)27)9-15-7-8-21(26(30)31)19(11-15)23(28)29/h4-8,10-11,17,20,22,25,27H,9,12-14H2,1-3H3,(H,28,29)/t17-,20+,22+/m1/s1. The summed E-state index contributed by atoms with van der Waals surface area (Å²) < 4.78 is 25.2. The van der Waals surface area contributed by atoms with Crippen LogP contribution in [-0.2, 0) is 28.2 Å². The number of hydrogen-bond acceptors (Lipinski definition) is 7. The van der Waals surface area contributed by atoms with Gasteiger partial charge in [0.15, 0.2) is 9.84 Å². The minimum absolute atomic E-state index is 0.0334. The predicted molar refractivity (Wildman–Crippen MR) is 128 cm³/mol. The molecule has 3 atom stereocenters. The summed E-state index contributed by atoms with van der Waals surface area (Å²) in [6.45, 7) is 6.70. The lowest BCUT2D eigenvalue weighted by atomic mass is 9.86. The van der Waals surface area contributed by atoms with Crippen molar-refractivity contribution >= 4 is 21.5 Å². The molecule has 3 rings (SSSR count). The van der Waals surface area contributed by atoms with Crippen molar-refractivity contribution < 1.29 is 28.3 Å². The first-order valence-electron chi connectivity index (χ1n) is 11.0. The van der Waals surface area contributed by atoms with Crippen molar-refractivity contribution in [1.29, 1.82) is 0 Å². The third-order valence-corrected chi connectivity index (χ3v) is 7.95. The second-order valence-electron chi connectivity index (χ2n) is 9.88. The first kappa shape index (κ1) is 25.8. The number of carbonyl (C=O) groups is 1. The van der Waals surface area contributed by atoms with Crippen molar-refractivity contribution in [2.24, 2.45) is 5.92 Å². The normalized spacial score (nSPS) is 22.3. The highest BCUT2D eigenvalue weighted by Crippen LogP contribution is 2.27. The van der Waals surface area contributed by atoms with Gasteiger partial charge in [0, 0.05) is 24.6 Å². The molecule has 3 N–H and O–H groups in total. The average Bonchev–Trinajstić information content (AvgIpc) is 2.74. The SMILES string of the molecule is CC(C)(C)c1cccc(CN[C@H]2CS(=O)(=O)C[C@@H](Cc3ccc([N+](=O)[O-])c(C(=O)O)c3)[C@@H]2O)c1. The number of nitro benzene ring substituents is 1. The molecule has 2 aromatic carbocycles. The molecule has 1 saturated heterocycles. The molecule has 34 heavy (non-hydrogen) atoms. The number of aliphatic hydroxyl groups is 1. The molecule has 0 amide bonds. The molecule has 0 radical (unpaired) electrons. The van der Waals surface area contributed by atoms with E-state index in [1.54, 1.807) is 0 Å². The third-order valence-electron chi connectivity index (χ3n) is 6.14. The molecule has 0 aliphatic carbocycles. The molecule has 0 aromatic heterocycles. The van der Waals surface area contributed by atoms with Gasteiger partial charge in [0.25, 0.3) is 5.69 Å². The second-order valence-corrected chi connectivity index (χ2v) is 12.0. The summed E-state index contributed by atoms with van der Waals surface area (Å²) in [5.74, 6) is -2.57. The van der Waals surface area contributed by atoms with Gasteiger partial charge in [-0.3, -0.25) is 10.1 Å². The quantitative estimate of drug-likeness (QED) is 0.396. The van der Waals surface area contributed by atoms with Gasteiger partial charge >= 0.3 is 5.97 Å². The Morgan fingerprint density at radius 1 is 1.15 bits per heavy atom. The summed E-state index contributed by atoms with van der Waals surface area (Å²) in [6, 6.07) is 11.0. The van der Waals surface area contributed by atoms with Gasteiger partial charge in [-0.1, -0.05) is 51.1 Å². The number of aromatic carboxylic acids is 1. The lowest BCUT2D eigenvalue weighted by Gasteiger charge is -2.35. The Balaban J connectivity index is 1.77. The fraction of sp³-hybridized carbons (Fsp3) is 0.458. The third kappa shape index (κ3) is 6.19. The Labute approximate surface area is 198 Å². The molecule has 1 fully saturated rings. The van der Waals surface area contributed by atoms with Gasteiger partial charge in [-0.15, -0.1) is 0 Å². The van der Waals surface area contributed by atoms with Gasteiger partial charge in [-0.05, 0) is 34.6 Å². The van der Waals surface area contributed by atoms with E-state index in [1.807, 2.05) is 18.2 Å². The van der Waals surface area contributed by atoms with Gasteiger partial charge < -0.3 is 15.5 Å². The zero-order valence-electron chi connectivity index (χ0n) is 19.4. The highest BCUT2D eigenvalue weighted by Gasteiger charge is 2.39. The van der Waals surface area contributed by atoms with Crippen LogP contribution >= 0.6 is 0 Å². The van der Waals surface area contributed by atoms with Gasteiger partial charge in [0.05, 0.1) is 22.5 Å². The van der Waals surface area contributed by atoms with E-state index in [4.69, 9.17) is 0 Å². The second kappa shape index (κ2) is 9.81. The van der Waals surface area contributed by atoms with Crippen molar-refractivity contribution in [2.75, 3.05) is 11.5 Å². The molecule has 2 aromatic rings. The zero-order chi connectivity index (χ0) is 25.3. The van der Waals surface area contributed by atoms with Crippen LogP contribution < -0.4 is 5.32 Å². The Morgan fingerprint density at radius 2 is 1.85 bits per heavy atom. The highest BCUT2D eigenvalue weighted by molar-refractivity contribution is 7.91. The van der Waals surface area contributed by atoms with Gasteiger partial charge in [0.2, 0.25) is 0 Å². The number of benzene rings is 2. The molecule has 0 bridgehead atoms. The van der Waals surface area contributed by atoms with Crippen LogP contribution in [0.15, 0.2) is 42.5 Å². The maximum Gasteiger partial charge on any atom is 0.342 e. The predicted octanol–water partition coefficient (Wildman–Crippen LogP) is 2.70. The number of nitrogens with zero attached hydrogens (tertiary/aromatic N) is 1. The maximum atomic E-state index is 12.6. The monoisotopic (exact) mass is 490 g/mol. The van der Waals surface area contributed by atoms with Crippen LogP contribution in [0, 0.1) is 16.0 Å². The fourth-order valence-corrected chi connectivity index (χ4v) is 6.26. The van der Waals surface area contributed by atoms with Crippen LogP contribution in [0.3, 0.4) is 0 Å². The molecular weight excluding hydrogens is 460 g/mol. The molecule has 0 saturated carbocycles. The lowest BCUT2D eigenvalue weighted by molar-refractivity contribution is -0.385. The van der Waals surface area contributed by atoms with Crippen molar-refractivity contribution in [1.82, 2.24) is 5.32 Å². The van der Waals surface area contributed by atoms with Crippen molar-refractivity contribution in [3.8, 4) is 0 Å². The van der Waals surface area contributed by atoms with Gasteiger partial charge in [-0.25, -0.2) is 13.2 Å². The van der Waals surface area contributed by atoms with E-state index in [1.165, 1.54) is 12.1 Å². The van der Waals surface area contributed by atoms with Crippen LogP contribution in [0.5, 0.6) is 0 Å². The van der Waals surface area contributed by atoms with E-state index in [0.29, 0.717) is 12.1 Å².